The Hall–Kier alpha value is -1.90. The second-order valence-corrected chi connectivity index (χ2v) is 11.8. The number of aliphatic hydroxyl groups is 1. The van der Waals surface area contributed by atoms with Crippen molar-refractivity contribution < 1.29 is 38.1 Å². The second-order valence-electron chi connectivity index (χ2n) is 7.29. The minimum Gasteiger partial charge on any atom is -0.426 e. The van der Waals surface area contributed by atoms with E-state index in [1.807, 2.05) is 0 Å². The fourth-order valence-electron chi connectivity index (χ4n) is 3.03. The number of ether oxygens (including phenoxy) is 1. The quantitative estimate of drug-likeness (QED) is 0.300. The van der Waals surface area contributed by atoms with Crippen molar-refractivity contribution >= 4 is 21.1 Å². The molecule has 2 fully saturated rings. The lowest BCUT2D eigenvalue weighted by Gasteiger charge is -2.42. The van der Waals surface area contributed by atoms with E-state index in [-0.39, 0.29) is 28.8 Å². The monoisotopic (exact) mass is 454 g/mol. The molecule has 4 unspecified atom stereocenters. The molecule has 12 heteroatoms. The zero-order valence-corrected chi connectivity index (χ0v) is 17.4. The van der Waals surface area contributed by atoms with E-state index >= 15 is 0 Å². The molecular formula is C18H20N2O8P2. The number of pyridine rings is 1. The molecule has 1 aromatic carbocycles. The summed E-state index contributed by atoms with van der Waals surface area (Å²) in [5, 5.41) is 10.0. The van der Waals surface area contributed by atoms with Crippen LogP contribution in [-0.2, 0) is 24.9 Å². The van der Waals surface area contributed by atoms with Gasteiger partial charge in [0.2, 0.25) is 0 Å². The van der Waals surface area contributed by atoms with E-state index in [1.165, 1.54) is 48.8 Å². The van der Waals surface area contributed by atoms with Gasteiger partial charge < -0.3 is 19.6 Å². The molecule has 1 saturated carbocycles. The van der Waals surface area contributed by atoms with Crippen LogP contribution in [0.5, 0.6) is 5.75 Å². The first kappa shape index (κ1) is 21.3. The Morgan fingerprint density at radius 1 is 1.23 bits per heavy atom. The first-order valence-electron chi connectivity index (χ1n) is 9.16. The van der Waals surface area contributed by atoms with Crippen LogP contribution in [-0.4, -0.2) is 30.9 Å². The average Bonchev–Trinajstić information content (AvgIpc) is 3.53. The lowest BCUT2D eigenvalue weighted by atomic mass is 10.2. The van der Waals surface area contributed by atoms with Gasteiger partial charge in [-0.1, -0.05) is 18.2 Å². The van der Waals surface area contributed by atoms with Gasteiger partial charge in [0.1, 0.15) is 5.75 Å². The third-order valence-corrected chi connectivity index (χ3v) is 9.80. The predicted molar refractivity (Wildman–Crippen MR) is 104 cm³/mol. The molecule has 2 aliphatic rings. The van der Waals surface area contributed by atoms with E-state index < -0.39 is 32.8 Å². The topological polar surface area (TPSA) is 155 Å². The minimum atomic E-state index is -4.99. The molecule has 0 amide bonds. The maximum Gasteiger partial charge on any atom is 0.373 e. The van der Waals surface area contributed by atoms with Crippen molar-refractivity contribution in [1.82, 2.24) is 10.1 Å². The standard InChI is InChI=1S/C18H20N2O8P2/c21-17(14-3-4-14)27-15-7-5-13(6-8-15)16-20-29(23,24)18(22,30(25,26)28-16)10-12-2-1-9-19-11-12/h1-2,5-9,11,14,16,22H,3-4,10H2,(H,25,26)(H2,20,23,24). The zero-order chi connectivity index (χ0) is 21.6. The van der Waals surface area contributed by atoms with Crippen LogP contribution < -0.4 is 9.82 Å². The molecule has 4 atom stereocenters. The Labute approximate surface area is 171 Å². The van der Waals surface area contributed by atoms with Crippen LogP contribution >= 0.6 is 15.1 Å². The average molecular weight is 454 g/mol. The molecule has 30 heavy (non-hydrogen) atoms. The molecule has 1 aromatic heterocycles. The number of carbonyl (C=O) groups is 1. The summed E-state index contributed by atoms with van der Waals surface area (Å²) >= 11 is 0. The molecule has 1 aliphatic carbocycles. The van der Waals surface area contributed by atoms with Gasteiger partial charge in [-0.2, -0.15) is 0 Å². The first-order chi connectivity index (χ1) is 14.1. The number of nitrogens with one attached hydrogen (secondary N) is 1. The number of nitrogens with zero attached hydrogens (tertiary/aromatic N) is 1. The summed E-state index contributed by atoms with van der Waals surface area (Å²) in [4.78, 5) is 36.4. The number of rotatable bonds is 5. The molecule has 0 spiro atoms. The highest BCUT2D eigenvalue weighted by Crippen LogP contribution is 2.75. The van der Waals surface area contributed by atoms with Gasteiger partial charge in [0.15, 0.2) is 6.23 Å². The molecule has 160 valence electrons. The highest BCUT2D eigenvalue weighted by molar-refractivity contribution is 7.74. The molecule has 1 aliphatic heterocycles. The Bertz CT molecular complexity index is 1020. The number of aromatic nitrogens is 1. The van der Waals surface area contributed by atoms with E-state index in [0.717, 1.165) is 12.8 Å². The Balaban J connectivity index is 1.54. The lowest BCUT2D eigenvalue weighted by Crippen LogP contribution is -2.43. The van der Waals surface area contributed by atoms with Crippen LogP contribution in [0.2, 0.25) is 0 Å². The van der Waals surface area contributed by atoms with Crippen LogP contribution in [0.25, 0.3) is 0 Å². The number of esters is 1. The normalized spacial score (nSPS) is 33.8. The summed E-state index contributed by atoms with van der Waals surface area (Å²) in [5.74, 6) is -0.125. The van der Waals surface area contributed by atoms with Crippen molar-refractivity contribution in [3.05, 3.63) is 59.9 Å². The largest absolute Gasteiger partial charge is 0.426 e. The smallest absolute Gasteiger partial charge is 0.373 e. The molecular weight excluding hydrogens is 434 g/mol. The van der Waals surface area contributed by atoms with E-state index in [1.54, 1.807) is 0 Å². The van der Waals surface area contributed by atoms with Crippen molar-refractivity contribution in [2.45, 2.75) is 30.6 Å². The van der Waals surface area contributed by atoms with Crippen LogP contribution in [0.4, 0.5) is 0 Å². The number of benzene rings is 1. The van der Waals surface area contributed by atoms with E-state index in [2.05, 4.69) is 10.1 Å². The Morgan fingerprint density at radius 2 is 1.93 bits per heavy atom. The van der Waals surface area contributed by atoms with Gasteiger partial charge >= 0.3 is 21.1 Å². The first-order valence-corrected chi connectivity index (χ1v) is 12.4. The SMILES string of the molecule is O=C(Oc1ccc(C2NP(=O)(O)C(O)(Cc3cccnc3)P(=O)(O)O2)cc1)C1CC1. The van der Waals surface area contributed by atoms with Gasteiger partial charge in [0, 0.05) is 18.8 Å². The Kier molecular flexibility index (Phi) is 5.45. The van der Waals surface area contributed by atoms with Crippen molar-refractivity contribution in [2.75, 3.05) is 0 Å². The molecule has 0 bridgehead atoms. The third-order valence-electron chi connectivity index (χ3n) is 4.95. The third kappa shape index (κ3) is 4.00. The second kappa shape index (κ2) is 7.66. The van der Waals surface area contributed by atoms with Crippen LogP contribution in [0.1, 0.15) is 30.2 Å². The maximum atomic E-state index is 12.9. The predicted octanol–water partition coefficient (Wildman–Crippen LogP) is 2.28. The summed E-state index contributed by atoms with van der Waals surface area (Å²) in [7, 11) is -9.79. The van der Waals surface area contributed by atoms with Gasteiger partial charge in [-0.05, 0) is 42.2 Å². The van der Waals surface area contributed by atoms with Crippen molar-refractivity contribution in [1.29, 1.82) is 0 Å². The van der Waals surface area contributed by atoms with Gasteiger partial charge in [-0.25, -0.2) is 5.09 Å². The summed E-state index contributed by atoms with van der Waals surface area (Å²) in [5.41, 5.74) is 0.530. The van der Waals surface area contributed by atoms with Crippen LogP contribution in [0, 0.1) is 5.92 Å². The van der Waals surface area contributed by atoms with E-state index in [9.17, 15) is 28.8 Å². The van der Waals surface area contributed by atoms with E-state index in [4.69, 9.17) is 9.26 Å². The van der Waals surface area contributed by atoms with Crippen molar-refractivity contribution in [2.24, 2.45) is 5.92 Å². The lowest BCUT2D eigenvalue weighted by molar-refractivity contribution is -0.135. The van der Waals surface area contributed by atoms with Gasteiger partial charge in [0.05, 0.1) is 5.92 Å². The van der Waals surface area contributed by atoms with Crippen molar-refractivity contribution in [3.63, 3.8) is 0 Å². The summed E-state index contributed by atoms with van der Waals surface area (Å²) in [6.45, 7) is 0. The number of carbonyl (C=O) groups excluding carboxylic acids is 1. The molecule has 10 nitrogen and oxygen atoms in total. The molecule has 0 radical (unpaired) electrons. The fraction of sp³-hybridized carbons (Fsp3) is 0.333. The molecule has 1 saturated heterocycles. The van der Waals surface area contributed by atoms with Crippen molar-refractivity contribution in [3.8, 4) is 5.75 Å². The molecule has 4 N–H and O–H groups in total. The maximum absolute atomic E-state index is 12.9. The molecule has 2 heterocycles. The number of hydrogen-bond acceptors (Lipinski definition) is 7. The number of hydrogen-bond donors (Lipinski definition) is 4. The zero-order valence-electron chi connectivity index (χ0n) is 15.6. The summed E-state index contributed by atoms with van der Waals surface area (Å²) in [6, 6.07) is 8.78. The fourth-order valence-corrected chi connectivity index (χ4v) is 6.94. The van der Waals surface area contributed by atoms with Gasteiger partial charge in [-0.3, -0.25) is 23.4 Å². The summed E-state index contributed by atoms with van der Waals surface area (Å²) in [6.07, 6.45) is 2.33. The highest BCUT2D eigenvalue weighted by Gasteiger charge is 2.65. The van der Waals surface area contributed by atoms with Gasteiger partial charge in [0.25, 0.3) is 5.08 Å². The molecule has 4 rings (SSSR count). The van der Waals surface area contributed by atoms with E-state index in [0.29, 0.717) is 0 Å². The van der Waals surface area contributed by atoms with Gasteiger partial charge in [-0.15, -0.1) is 0 Å². The van der Waals surface area contributed by atoms with Crippen LogP contribution in [0.15, 0.2) is 48.8 Å². The highest BCUT2D eigenvalue weighted by atomic mass is 31.2. The minimum absolute atomic E-state index is 0.0777. The van der Waals surface area contributed by atoms with Crippen LogP contribution in [0.3, 0.4) is 0 Å². The summed E-state index contributed by atoms with van der Waals surface area (Å²) < 4.78 is 36.0. The Morgan fingerprint density at radius 3 is 2.50 bits per heavy atom. The molecule has 2 aromatic rings.